The molecular formula is C15H27N3. The molecule has 0 saturated carbocycles. The first-order chi connectivity index (χ1) is 8.44. The van der Waals surface area contributed by atoms with Crippen molar-refractivity contribution in [2.75, 3.05) is 6.54 Å². The zero-order valence-corrected chi connectivity index (χ0v) is 12.5. The van der Waals surface area contributed by atoms with Gasteiger partial charge in [-0.25, -0.2) is 0 Å². The molecule has 0 spiro atoms. The molecule has 1 rings (SSSR count). The largest absolute Gasteiger partial charge is 0.312 e. The molecule has 0 aromatic carbocycles. The van der Waals surface area contributed by atoms with E-state index in [1.54, 1.807) is 0 Å². The average Bonchev–Trinajstić information content (AvgIpc) is 2.71. The van der Waals surface area contributed by atoms with Gasteiger partial charge in [0.15, 0.2) is 0 Å². The van der Waals surface area contributed by atoms with Crippen molar-refractivity contribution >= 4 is 5.57 Å². The number of hydrogen-bond donors (Lipinski definition) is 1. The highest BCUT2D eigenvalue weighted by molar-refractivity contribution is 5.60. The predicted octanol–water partition coefficient (Wildman–Crippen LogP) is 3.47. The van der Waals surface area contributed by atoms with Crippen LogP contribution < -0.4 is 5.32 Å². The second kappa shape index (κ2) is 6.74. The van der Waals surface area contributed by atoms with Gasteiger partial charge >= 0.3 is 0 Å². The molecule has 1 aromatic heterocycles. The first-order valence-corrected chi connectivity index (χ1v) is 6.88. The normalized spacial score (nSPS) is 13.1. The smallest absolute Gasteiger partial charge is 0.0635 e. The summed E-state index contributed by atoms with van der Waals surface area (Å²) in [4.78, 5) is 0. The molecule has 1 N–H and O–H groups in total. The maximum absolute atomic E-state index is 4.35. The molecule has 0 amide bonds. The van der Waals surface area contributed by atoms with Crippen LogP contribution in [0.25, 0.3) is 5.57 Å². The lowest BCUT2D eigenvalue weighted by molar-refractivity contribution is 0.431. The van der Waals surface area contributed by atoms with Crippen LogP contribution in [0, 0.1) is 0 Å². The van der Waals surface area contributed by atoms with Gasteiger partial charge in [-0.15, -0.1) is 0 Å². The quantitative estimate of drug-likeness (QED) is 0.782. The van der Waals surface area contributed by atoms with Gasteiger partial charge < -0.3 is 5.32 Å². The minimum absolute atomic E-state index is 0.200. The highest BCUT2D eigenvalue weighted by atomic mass is 15.3. The van der Waals surface area contributed by atoms with Crippen molar-refractivity contribution < 1.29 is 0 Å². The maximum Gasteiger partial charge on any atom is 0.0635 e. The van der Waals surface area contributed by atoms with Crippen LogP contribution in [0.15, 0.2) is 18.3 Å². The predicted molar refractivity (Wildman–Crippen MR) is 78.5 cm³/mol. The van der Waals surface area contributed by atoms with Crippen molar-refractivity contribution in [3.8, 4) is 0 Å². The van der Waals surface area contributed by atoms with Crippen molar-refractivity contribution in [1.29, 1.82) is 0 Å². The van der Waals surface area contributed by atoms with Gasteiger partial charge in [0.2, 0.25) is 0 Å². The number of hydrogen-bond acceptors (Lipinski definition) is 2. The van der Waals surface area contributed by atoms with Gasteiger partial charge in [-0.3, -0.25) is 4.68 Å². The van der Waals surface area contributed by atoms with Gasteiger partial charge in [0.25, 0.3) is 0 Å². The Hall–Kier alpha value is -1.09. The van der Waals surface area contributed by atoms with Crippen molar-refractivity contribution in [3.63, 3.8) is 0 Å². The van der Waals surface area contributed by atoms with Gasteiger partial charge in [0.1, 0.15) is 0 Å². The highest BCUT2D eigenvalue weighted by Gasteiger charge is 2.07. The van der Waals surface area contributed by atoms with Crippen LogP contribution in [0.2, 0.25) is 0 Å². The molecule has 0 radical (unpaired) electrons. The Morgan fingerprint density at radius 3 is 2.78 bits per heavy atom. The van der Waals surface area contributed by atoms with Crippen molar-refractivity contribution in [2.24, 2.45) is 0 Å². The van der Waals surface area contributed by atoms with E-state index in [9.17, 15) is 0 Å². The lowest BCUT2D eigenvalue weighted by Crippen LogP contribution is -2.36. The van der Waals surface area contributed by atoms with E-state index in [-0.39, 0.29) is 5.54 Å². The molecule has 3 heteroatoms. The number of nitrogens with zero attached hydrogens (tertiary/aromatic N) is 2. The standard InChI is InChI=1S/C15H27N3/c1-6-12-18-14(9-11-17-18)13(2)8-7-10-16-15(3,4)5/h8-9,11,16H,6-7,10,12H2,1-5H3. The fraction of sp³-hybridized carbons (Fsp3) is 0.667. The zero-order chi connectivity index (χ0) is 13.6. The van der Waals surface area contributed by atoms with Crippen LogP contribution >= 0.6 is 0 Å². The van der Waals surface area contributed by atoms with E-state index < -0.39 is 0 Å². The van der Waals surface area contributed by atoms with E-state index in [0.29, 0.717) is 0 Å². The summed E-state index contributed by atoms with van der Waals surface area (Å²) in [5, 5.41) is 7.85. The Morgan fingerprint density at radius 2 is 2.17 bits per heavy atom. The lowest BCUT2D eigenvalue weighted by atomic mass is 10.1. The summed E-state index contributed by atoms with van der Waals surface area (Å²) >= 11 is 0. The molecule has 0 aliphatic carbocycles. The molecule has 0 unspecified atom stereocenters. The lowest BCUT2D eigenvalue weighted by Gasteiger charge is -2.19. The van der Waals surface area contributed by atoms with Crippen LogP contribution in [0.5, 0.6) is 0 Å². The molecule has 3 nitrogen and oxygen atoms in total. The molecule has 0 fully saturated rings. The number of aromatic nitrogens is 2. The van der Waals surface area contributed by atoms with E-state index in [4.69, 9.17) is 0 Å². The second-order valence-corrected chi connectivity index (χ2v) is 5.79. The molecule has 18 heavy (non-hydrogen) atoms. The van der Waals surface area contributed by atoms with Gasteiger partial charge in [-0.1, -0.05) is 13.0 Å². The van der Waals surface area contributed by atoms with E-state index in [0.717, 1.165) is 25.9 Å². The third kappa shape index (κ3) is 5.05. The molecule has 1 heterocycles. The van der Waals surface area contributed by atoms with Gasteiger partial charge in [0, 0.05) is 18.3 Å². The fourth-order valence-corrected chi connectivity index (χ4v) is 1.90. The number of rotatable bonds is 6. The maximum atomic E-state index is 4.35. The summed E-state index contributed by atoms with van der Waals surface area (Å²) in [6.07, 6.45) is 6.35. The molecule has 0 bridgehead atoms. The average molecular weight is 249 g/mol. The first kappa shape index (κ1) is 15.0. The van der Waals surface area contributed by atoms with Crippen molar-refractivity contribution in [2.45, 2.75) is 59.5 Å². The summed E-state index contributed by atoms with van der Waals surface area (Å²) in [6, 6.07) is 2.10. The number of aryl methyl sites for hydroxylation is 1. The minimum Gasteiger partial charge on any atom is -0.312 e. The monoisotopic (exact) mass is 249 g/mol. The fourth-order valence-electron chi connectivity index (χ4n) is 1.90. The molecule has 0 aliphatic heterocycles. The Labute approximate surface area is 111 Å². The molecule has 1 aromatic rings. The first-order valence-electron chi connectivity index (χ1n) is 6.88. The SMILES string of the molecule is CCCn1nccc1C(C)=CCCNC(C)(C)C. The molecule has 102 valence electrons. The van der Waals surface area contributed by atoms with Crippen LogP contribution in [0.3, 0.4) is 0 Å². The summed E-state index contributed by atoms with van der Waals surface area (Å²) in [5.74, 6) is 0. The van der Waals surface area contributed by atoms with E-state index >= 15 is 0 Å². The Bertz CT molecular complexity index is 383. The van der Waals surface area contributed by atoms with Crippen LogP contribution in [-0.4, -0.2) is 21.9 Å². The molecular weight excluding hydrogens is 222 g/mol. The van der Waals surface area contributed by atoms with Gasteiger partial charge in [0.05, 0.1) is 5.69 Å². The van der Waals surface area contributed by atoms with Gasteiger partial charge in [-0.05, 0) is 58.7 Å². The Morgan fingerprint density at radius 1 is 1.44 bits per heavy atom. The summed E-state index contributed by atoms with van der Waals surface area (Å²) in [5.41, 5.74) is 2.76. The van der Waals surface area contributed by atoms with Gasteiger partial charge in [-0.2, -0.15) is 5.10 Å². The second-order valence-electron chi connectivity index (χ2n) is 5.79. The highest BCUT2D eigenvalue weighted by Crippen LogP contribution is 2.14. The van der Waals surface area contributed by atoms with E-state index in [2.05, 4.69) is 61.9 Å². The van der Waals surface area contributed by atoms with Crippen LogP contribution in [0.4, 0.5) is 0 Å². The summed E-state index contributed by atoms with van der Waals surface area (Å²) in [6.45, 7) is 12.9. The molecule has 0 saturated heterocycles. The van der Waals surface area contributed by atoms with E-state index in [1.165, 1.54) is 11.3 Å². The summed E-state index contributed by atoms with van der Waals surface area (Å²) in [7, 11) is 0. The number of allylic oxidation sites excluding steroid dienone is 1. The summed E-state index contributed by atoms with van der Waals surface area (Å²) < 4.78 is 2.09. The number of nitrogens with one attached hydrogen (secondary N) is 1. The third-order valence-electron chi connectivity index (χ3n) is 2.81. The topological polar surface area (TPSA) is 29.9 Å². The Kier molecular flexibility index (Phi) is 5.60. The van der Waals surface area contributed by atoms with Crippen LogP contribution in [0.1, 0.15) is 53.2 Å². The van der Waals surface area contributed by atoms with Crippen molar-refractivity contribution in [3.05, 3.63) is 24.0 Å². The Balaban J connectivity index is 2.52. The van der Waals surface area contributed by atoms with Crippen LogP contribution in [-0.2, 0) is 6.54 Å². The zero-order valence-electron chi connectivity index (χ0n) is 12.5. The van der Waals surface area contributed by atoms with Crippen molar-refractivity contribution in [1.82, 2.24) is 15.1 Å². The molecule has 0 atom stereocenters. The minimum atomic E-state index is 0.200. The van der Waals surface area contributed by atoms with E-state index in [1.807, 2.05) is 6.20 Å². The third-order valence-corrected chi connectivity index (χ3v) is 2.81. The molecule has 0 aliphatic rings.